The molecule has 1 aliphatic rings. The van der Waals surface area contributed by atoms with Crippen LogP contribution in [-0.4, -0.2) is 0 Å². The first kappa shape index (κ1) is 26.5. The molecule has 34 heavy (non-hydrogen) atoms. The third kappa shape index (κ3) is 5.57. The van der Waals surface area contributed by atoms with E-state index in [2.05, 4.69) is 117 Å². The Hall–Kier alpha value is -2.13. The molecule has 4 aromatic rings. The number of benzene rings is 4. The van der Waals surface area contributed by atoms with Gasteiger partial charge in [0.1, 0.15) is 0 Å². The van der Waals surface area contributed by atoms with Crippen molar-refractivity contribution in [1.82, 2.24) is 0 Å². The SMILES string of the molecule is CC1=CC(C)=C(c2ccc3ccccc3[c]2[Ti+2][O]C(c2ccccc2)c2ccccc2)C1.[Cl-].[Cl-]. The minimum Gasteiger partial charge on any atom is -1.00 e. The smallest absolute Gasteiger partial charge is 1.00 e. The van der Waals surface area contributed by atoms with Gasteiger partial charge in [-0.1, -0.05) is 0 Å². The molecule has 0 saturated heterocycles. The van der Waals surface area contributed by atoms with Crippen LogP contribution in [0.1, 0.15) is 43.1 Å². The van der Waals surface area contributed by atoms with E-state index < -0.39 is 19.5 Å². The van der Waals surface area contributed by atoms with Crippen molar-refractivity contribution in [3.05, 3.63) is 131 Å². The number of hydrogen-bond acceptors (Lipinski definition) is 1. The van der Waals surface area contributed by atoms with Gasteiger partial charge >= 0.3 is 200 Å². The summed E-state index contributed by atoms with van der Waals surface area (Å²) in [7, 11) is 0. The Morgan fingerprint density at radius 3 is 1.88 bits per heavy atom. The Morgan fingerprint density at radius 2 is 1.29 bits per heavy atom. The van der Waals surface area contributed by atoms with Crippen LogP contribution in [0.15, 0.2) is 114 Å². The zero-order chi connectivity index (χ0) is 21.9. The molecule has 1 nitrogen and oxygen atoms in total. The maximum Gasteiger partial charge on any atom is -1.00 e. The average Bonchev–Trinajstić information content (AvgIpc) is 3.18. The summed E-state index contributed by atoms with van der Waals surface area (Å²) in [5.74, 6) is 0. The van der Waals surface area contributed by atoms with Crippen LogP contribution < -0.4 is 28.7 Å². The molecule has 0 unspecified atom stereocenters. The monoisotopic (exact) mass is 520 g/mol. The summed E-state index contributed by atoms with van der Waals surface area (Å²) >= 11 is -0.869. The van der Waals surface area contributed by atoms with Crippen molar-refractivity contribution in [1.29, 1.82) is 0 Å². The van der Waals surface area contributed by atoms with Crippen molar-refractivity contribution in [2.75, 3.05) is 0 Å². The summed E-state index contributed by atoms with van der Waals surface area (Å²) in [6.45, 7) is 4.47. The topological polar surface area (TPSA) is 9.23 Å². The standard InChI is InChI=1S/C17H15.C13H11O.2ClH.Ti/c1-12-9-13(2)17(10-12)16-8-7-14-5-3-4-6-15(14)11-16;14-13(11-7-3-1-4-8-11)12-9-5-2-6-10-12;;;/h3-9H,10H2,1-2H3;1-10,13H;2*1H;/q;-1;;;+3/p-2. The van der Waals surface area contributed by atoms with Crippen molar-refractivity contribution in [2.24, 2.45) is 0 Å². The first-order valence-electron chi connectivity index (χ1n) is 11.1. The molecule has 0 heterocycles. The van der Waals surface area contributed by atoms with Crippen molar-refractivity contribution < 1.29 is 47.7 Å². The molecule has 0 bridgehead atoms. The molecule has 0 radical (unpaired) electrons. The zero-order valence-corrected chi connectivity index (χ0v) is 22.3. The molecule has 0 aromatic heterocycles. The van der Waals surface area contributed by atoms with Crippen molar-refractivity contribution in [3.63, 3.8) is 0 Å². The summed E-state index contributed by atoms with van der Waals surface area (Å²) < 4.78 is 8.26. The van der Waals surface area contributed by atoms with E-state index in [1.165, 1.54) is 48.1 Å². The molecule has 0 spiro atoms. The van der Waals surface area contributed by atoms with Gasteiger partial charge < -0.3 is 24.8 Å². The third-order valence-corrected chi connectivity index (χ3v) is 7.84. The molecule has 0 amide bonds. The molecule has 0 N–H and O–H groups in total. The Labute approximate surface area is 224 Å². The molecular weight excluding hydrogens is 495 g/mol. The van der Waals surface area contributed by atoms with E-state index >= 15 is 0 Å². The molecule has 4 aromatic carbocycles. The van der Waals surface area contributed by atoms with Crippen molar-refractivity contribution in [3.8, 4) is 0 Å². The van der Waals surface area contributed by atoms with Gasteiger partial charge in [0.15, 0.2) is 0 Å². The Balaban J connectivity index is 0.00000162. The second-order valence-corrected chi connectivity index (χ2v) is 9.93. The second kappa shape index (κ2) is 12.0. The fraction of sp³-hybridized carbons (Fsp3) is 0.133. The number of hydrogen-bond donors (Lipinski definition) is 0. The van der Waals surface area contributed by atoms with Crippen LogP contribution in [0.5, 0.6) is 0 Å². The van der Waals surface area contributed by atoms with Gasteiger partial charge in [-0.3, -0.25) is 0 Å². The van der Waals surface area contributed by atoms with Gasteiger partial charge in [-0.25, -0.2) is 0 Å². The molecule has 0 aliphatic heterocycles. The summed E-state index contributed by atoms with van der Waals surface area (Å²) in [6.07, 6.45) is 3.30. The molecular formula is C30H26Cl2OTi. The number of fused-ring (bicyclic) bond motifs is 1. The molecule has 170 valence electrons. The van der Waals surface area contributed by atoms with Crippen LogP contribution in [0.25, 0.3) is 16.3 Å². The minimum absolute atomic E-state index is 0. The van der Waals surface area contributed by atoms with Crippen LogP contribution in [-0.2, 0) is 22.9 Å². The molecule has 1 aliphatic carbocycles. The first-order valence-corrected chi connectivity index (χ1v) is 12.5. The van der Waals surface area contributed by atoms with Gasteiger partial charge in [0, 0.05) is 0 Å². The van der Waals surface area contributed by atoms with Gasteiger partial charge in [-0.05, 0) is 0 Å². The fourth-order valence-corrected chi connectivity index (χ4v) is 6.43. The third-order valence-electron chi connectivity index (χ3n) is 6.13. The quantitative estimate of drug-likeness (QED) is 0.349. The van der Waals surface area contributed by atoms with E-state index in [-0.39, 0.29) is 30.9 Å². The van der Waals surface area contributed by atoms with E-state index in [9.17, 15) is 0 Å². The van der Waals surface area contributed by atoms with Gasteiger partial charge in [0.2, 0.25) is 0 Å². The Kier molecular flexibility index (Phi) is 9.36. The largest absolute Gasteiger partial charge is 1.00 e. The van der Waals surface area contributed by atoms with E-state index in [0.717, 1.165) is 6.42 Å². The van der Waals surface area contributed by atoms with Crippen LogP contribution in [0, 0.1) is 0 Å². The van der Waals surface area contributed by atoms with E-state index in [0.29, 0.717) is 0 Å². The van der Waals surface area contributed by atoms with E-state index in [1.807, 2.05) is 0 Å². The summed E-state index contributed by atoms with van der Waals surface area (Å²) in [6, 6.07) is 34.5. The summed E-state index contributed by atoms with van der Waals surface area (Å²) in [5.41, 5.74) is 8.05. The predicted octanol–water partition coefficient (Wildman–Crippen LogP) is 1.40. The molecule has 5 rings (SSSR count). The van der Waals surface area contributed by atoms with E-state index in [1.54, 1.807) is 0 Å². The number of rotatable bonds is 6. The van der Waals surface area contributed by atoms with Gasteiger partial charge in [0.25, 0.3) is 0 Å². The second-order valence-electron chi connectivity index (χ2n) is 8.46. The van der Waals surface area contributed by atoms with Crippen LogP contribution in [0.3, 0.4) is 0 Å². The Morgan fingerprint density at radius 1 is 0.706 bits per heavy atom. The predicted molar refractivity (Wildman–Crippen MR) is 130 cm³/mol. The molecule has 0 saturated carbocycles. The summed E-state index contributed by atoms with van der Waals surface area (Å²) in [4.78, 5) is 0. The van der Waals surface area contributed by atoms with Gasteiger partial charge in [0.05, 0.1) is 0 Å². The van der Waals surface area contributed by atoms with Crippen LogP contribution >= 0.6 is 0 Å². The minimum atomic E-state index is -0.869. The van der Waals surface area contributed by atoms with Crippen molar-refractivity contribution >= 4 is 20.2 Å². The maximum absolute atomic E-state index is 6.86. The van der Waals surface area contributed by atoms with Gasteiger partial charge in [-0.15, -0.1) is 0 Å². The zero-order valence-electron chi connectivity index (χ0n) is 19.3. The fourth-order valence-electron chi connectivity index (χ4n) is 4.57. The number of allylic oxidation sites excluding steroid dienone is 4. The van der Waals surface area contributed by atoms with Crippen LogP contribution in [0.2, 0.25) is 0 Å². The molecule has 0 atom stereocenters. The molecule has 0 fully saturated rings. The summed E-state index contributed by atoms with van der Waals surface area (Å²) in [5, 5.41) is 2.62. The molecule has 4 heteroatoms. The first-order chi connectivity index (χ1) is 15.7. The van der Waals surface area contributed by atoms with Crippen LogP contribution in [0.4, 0.5) is 0 Å². The maximum atomic E-state index is 6.86. The average molecular weight is 521 g/mol. The number of halogens is 2. The van der Waals surface area contributed by atoms with E-state index in [4.69, 9.17) is 3.32 Å². The normalized spacial score (nSPS) is 12.7. The van der Waals surface area contributed by atoms with Gasteiger partial charge in [-0.2, -0.15) is 0 Å². The Bertz CT molecular complexity index is 1270. The van der Waals surface area contributed by atoms with Crippen molar-refractivity contribution in [2.45, 2.75) is 26.4 Å².